The summed E-state index contributed by atoms with van der Waals surface area (Å²) in [5, 5.41) is 0. The molecule has 2 aromatic rings. The first-order valence-corrected chi connectivity index (χ1v) is 5.47. The topological polar surface area (TPSA) is 44.2 Å². The van der Waals surface area contributed by atoms with Crippen molar-refractivity contribution >= 4 is 15.9 Å². The summed E-state index contributed by atoms with van der Waals surface area (Å²) in [4.78, 5) is 7.75. The lowest BCUT2D eigenvalue weighted by Crippen LogP contribution is -1.92. The molecule has 0 spiro atoms. The van der Waals surface area contributed by atoms with Crippen LogP contribution in [0.2, 0.25) is 0 Å². The third kappa shape index (κ3) is 2.91. The average molecular weight is 299 g/mol. The number of nitrogens with zero attached hydrogens (tertiary/aromatic N) is 2. The highest BCUT2D eigenvalue weighted by atomic mass is 79.9. The lowest BCUT2D eigenvalue weighted by Gasteiger charge is -2.06. The molecule has 0 aliphatic rings. The lowest BCUT2D eigenvalue weighted by atomic mass is 10.3. The van der Waals surface area contributed by atoms with E-state index in [1.165, 1.54) is 25.6 Å². The minimum atomic E-state index is -0.488. The van der Waals surface area contributed by atoms with Crippen LogP contribution < -0.4 is 9.47 Å². The van der Waals surface area contributed by atoms with Crippen LogP contribution in [-0.2, 0) is 0 Å². The molecule has 0 saturated carbocycles. The van der Waals surface area contributed by atoms with E-state index in [4.69, 9.17) is 9.47 Å². The number of ether oxygens (including phenoxy) is 2. The zero-order valence-electron chi connectivity index (χ0n) is 8.85. The van der Waals surface area contributed by atoms with Crippen molar-refractivity contribution in [2.24, 2.45) is 0 Å². The minimum absolute atomic E-state index is 0.168. The molecule has 1 aromatic carbocycles. The maximum atomic E-state index is 13.4. The standard InChI is InChI=1S/C11H8BrFN2O2/c1-16-9-3-2-7(4-8(9)13)17-11-5-10(12)14-6-15-11/h2-6H,1H3. The van der Waals surface area contributed by atoms with Gasteiger partial charge < -0.3 is 9.47 Å². The van der Waals surface area contributed by atoms with Crippen molar-refractivity contribution in [2.75, 3.05) is 7.11 Å². The number of halogens is 2. The van der Waals surface area contributed by atoms with Crippen LogP contribution >= 0.6 is 15.9 Å². The summed E-state index contributed by atoms with van der Waals surface area (Å²) in [6.07, 6.45) is 1.35. The number of rotatable bonds is 3. The number of hydrogen-bond donors (Lipinski definition) is 0. The number of benzene rings is 1. The van der Waals surface area contributed by atoms with Crippen molar-refractivity contribution in [3.05, 3.63) is 41.0 Å². The Labute approximate surface area is 106 Å². The Morgan fingerprint density at radius 1 is 1.24 bits per heavy atom. The highest BCUT2D eigenvalue weighted by Crippen LogP contribution is 2.26. The van der Waals surface area contributed by atoms with Crippen molar-refractivity contribution in [3.63, 3.8) is 0 Å². The van der Waals surface area contributed by atoms with Gasteiger partial charge in [-0.25, -0.2) is 14.4 Å². The second kappa shape index (κ2) is 5.09. The van der Waals surface area contributed by atoms with Crippen molar-refractivity contribution in [2.45, 2.75) is 0 Å². The highest BCUT2D eigenvalue weighted by molar-refractivity contribution is 9.10. The normalized spacial score (nSPS) is 10.1. The van der Waals surface area contributed by atoms with E-state index in [-0.39, 0.29) is 5.75 Å². The van der Waals surface area contributed by atoms with Gasteiger partial charge in [-0.2, -0.15) is 0 Å². The van der Waals surface area contributed by atoms with Crippen LogP contribution in [0.5, 0.6) is 17.4 Å². The van der Waals surface area contributed by atoms with Crippen LogP contribution in [0.1, 0.15) is 0 Å². The molecule has 0 fully saturated rings. The van der Waals surface area contributed by atoms with E-state index in [2.05, 4.69) is 25.9 Å². The van der Waals surface area contributed by atoms with Crippen LogP contribution in [0.4, 0.5) is 4.39 Å². The van der Waals surface area contributed by atoms with Gasteiger partial charge in [-0.1, -0.05) is 0 Å². The molecule has 0 atom stereocenters. The summed E-state index contributed by atoms with van der Waals surface area (Å²) < 4.78 is 24.1. The predicted molar refractivity (Wildman–Crippen MR) is 62.8 cm³/mol. The Bertz CT molecular complexity index is 537. The number of hydrogen-bond acceptors (Lipinski definition) is 4. The number of methoxy groups -OCH3 is 1. The zero-order valence-corrected chi connectivity index (χ0v) is 10.4. The van der Waals surface area contributed by atoms with E-state index in [1.54, 1.807) is 12.1 Å². The van der Waals surface area contributed by atoms with Gasteiger partial charge in [-0.3, -0.25) is 0 Å². The fourth-order valence-corrected chi connectivity index (χ4v) is 1.49. The Balaban J connectivity index is 2.22. The first-order chi connectivity index (χ1) is 8.19. The molecule has 0 aliphatic carbocycles. The summed E-state index contributed by atoms with van der Waals surface area (Å²) >= 11 is 3.19. The maximum absolute atomic E-state index is 13.4. The van der Waals surface area contributed by atoms with Gasteiger partial charge in [-0.15, -0.1) is 0 Å². The molecule has 0 amide bonds. The summed E-state index contributed by atoms with van der Waals surface area (Å²) in [6, 6.07) is 5.90. The van der Waals surface area contributed by atoms with Gasteiger partial charge in [0.2, 0.25) is 5.88 Å². The van der Waals surface area contributed by atoms with E-state index in [0.717, 1.165) is 0 Å². The van der Waals surface area contributed by atoms with Gasteiger partial charge in [0.1, 0.15) is 16.7 Å². The SMILES string of the molecule is COc1ccc(Oc2cc(Br)ncn2)cc1F. The maximum Gasteiger partial charge on any atom is 0.223 e. The van der Waals surface area contributed by atoms with Gasteiger partial charge in [0.25, 0.3) is 0 Å². The van der Waals surface area contributed by atoms with Gasteiger partial charge in [0.15, 0.2) is 11.6 Å². The largest absolute Gasteiger partial charge is 0.494 e. The monoisotopic (exact) mass is 298 g/mol. The second-order valence-electron chi connectivity index (χ2n) is 3.08. The molecule has 1 aromatic heterocycles. The van der Waals surface area contributed by atoms with Crippen LogP contribution in [0.15, 0.2) is 35.2 Å². The zero-order chi connectivity index (χ0) is 12.3. The quantitative estimate of drug-likeness (QED) is 0.817. The molecular weight excluding hydrogens is 291 g/mol. The van der Waals surface area contributed by atoms with Crippen LogP contribution in [0.3, 0.4) is 0 Å². The molecule has 4 nitrogen and oxygen atoms in total. The van der Waals surface area contributed by atoms with E-state index in [1.807, 2.05) is 0 Å². The molecule has 0 bridgehead atoms. The number of aromatic nitrogens is 2. The van der Waals surface area contributed by atoms with E-state index < -0.39 is 5.82 Å². The van der Waals surface area contributed by atoms with Crippen LogP contribution in [0.25, 0.3) is 0 Å². The summed E-state index contributed by atoms with van der Waals surface area (Å²) in [5.41, 5.74) is 0. The second-order valence-corrected chi connectivity index (χ2v) is 3.89. The van der Waals surface area contributed by atoms with Gasteiger partial charge in [0.05, 0.1) is 7.11 Å². The lowest BCUT2D eigenvalue weighted by molar-refractivity contribution is 0.382. The predicted octanol–water partition coefficient (Wildman–Crippen LogP) is 3.18. The van der Waals surface area contributed by atoms with Crippen LogP contribution in [-0.4, -0.2) is 17.1 Å². The molecule has 88 valence electrons. The van der Waals surface area contributed by atoms with Crippen molar-refractivity contribution in [3.8, 4) is 17.4 Å². The van der Waals surface area contributed by atoms with Gasteiger partial charge in [-0.05, 0) is 28.1 Å². The molecule has 0 unspecified atom stereocenters. The summed E-state index contributed by atoms with van der Waals surface area (Å²) in [6.45, 7) is 0. The smallest absolute Gasteiger partial charge is 0.223 e. The fraction of sp³-hybridized carbons (Fsp3) is 0.0909. The van der Waals surface area contributed by atoms with Crippen molar-refractivity contribution < 1.29 is 13.9 Å². The molecule has 1 heterocycles. The third-order valence-corrected chi connectivity index (χ3v) is 2.39. The Kier molecular flexibility index (Phi) is 3.53. The van der Waals surface area contributed by atoms with Gasteiger partial charge >= 0.3 is 0 Å². The first kappa shape index (κ1) is 11.8. The fourth-order valence-electron chi connectivity index (χ4n) is 1.20. The molecule has 6 heteroatoms. The van der Waals surface area contributed by atoms with Crippen molar-refractivity contribution in [1.29, 1.82) is 0 Å². The molecule has 0 N–H and O–H groups in total. The average Bonchev–Trinajstić information content (AvgIpc) is 2.29. The van der Waals surface area contributed by atoms with Crippen LogP contribution in [0, 0.1) is 5.82 Å². The highest BCUT2D eigenvalue weighted by Gasteiger charge is 2.06. The third-order valence-electron chi connectivity index (χ3n) is 1.95. The summed E-state index contributed by atoms with van der Waals surface area (Å²) in [5.74, 6) is 0.352. The Hall–Kier alpha value is -1.69. The van der Waals surface area contributed by atoms with Gasteiger partial charge in [0, 0.05) is 12.1 Å². The molecular formula is C11H8BrFN2O2. The first-order valence-electron chi connectivity index (χ1n) is 4.68. The molecule has 0 aliphatic heterocycles. The Morgan fingerprint density at radius 3 is 2.71 bits per heavy atom. The van der Waals surface area contributed by atoms with Crippen molar-refractivity contribution in [1.82, 2.24) is 9.97 Å². The van der Waals surface area contributed by atoms with E-state index >= 15 is 0 Å². The van der Waals surface area contributed by atoms with E-state index in [9.17, 15) is 4.39 Å². The minimum Gasteiger partial charge on any atom is -0.494 e. The molecule has 0 radical (unpaired) electrons. The van der Waals surface area contributed by atoms with E-state index in [0.29, 0.717) is 16.2 Å². The molecule has 0 saturated heterocycles. The molecule has 17 heavy (non-hydrogen) atoms. The summed E-state index contributed by atoms with van der Waals surface area (Å²) in [7, 11) is 1.40. The Morgan fingerprint density at radius 2 is 2.06 bits per heavy atom. The molecule has 2 rings (SSSR count).